The predicted molar refractivity (Wildman–Crippen MR) is 69.0 cm³/mol. The van der Waals surface area contributed by atoms with Gasteiger partial charge in [-0.1, -0.05) is 27.7 Å². The minimum absolute atomic E-state index is 0.129. The van der Waals surface area contributed by atoms with Crippen LogP contribution in [-0.4, -0.2) is 4.98 Å². The Bertz CT molecular complexity index is 357. The first-order valence-corrected chi connectivity index (χ1v) is 6.14. The number of rotatable bonds is 4. The van der Waals surface area contributed by atoms with Crippen LogP contribution >= 0.6 is 0 Å². The van der Waals surface area contributed by atoms with Crippen molar-refractivity contribution >= 4 is 0 Å². The molecule has 0 aliphatic rings. The molecule has 0 radical (unpaired) electrons. The molecule has 17 heavy (non-hydrogen) atoms. The quantitative estimate of drug-likeness (QED) is 0.869. The Hall–Kier alpha value is -0.960. The van der Waals surface area contributed by atoms with Crippen molar-refractivity contribution < 1.29 is 4.39 Å². The van der Waals surface area contributed by atoms with Gasteiger partial charge in [0.15, 0.2) is 0 Å². The molecule has 1 aromatic heterocycles. The highest BCUT2D eigenvalue weighted by Gasteiger charge is 2.18. The summed E-state index contributed by atoms with van der Waals surface area (Å²) in [6.45, 7) is 8.86. The van der Waals surface area contributed by atoms with E-state index < -0.39 is 0 Å². The van der Waals surface area contributed by atoms with E-state index in [0.29, 0.717) is 11.3 Å². The van der Waals surface area contributed by atoms with Crippen molar-refractivity contribution in [3.63, 3.8) is 0 Å². The molecule has 2 atom stereocenters. The summed E-state index contributed by atoms with van der Waals surface area (Å²) in [7, 11) is 0. The standard InChI is InChI=1S/C14H23FN2/c1-10(7-14(2,3)4)5-13(16)11-6-12(15)9-17-8-11/h6,8-10,13H,5,7,16H2,1-4H3. The lowest BCUT2D eigenvalue weighted by atomic mass is 9.82. The third kappa shape index (κ3) is 5.26. The lowest BCUT2D eigenvalue weighted by Crippen LogP contribution is -2.18. The van der Waals surface area contributed by atoms with Gasteiger partial charge in [0, 0.05) is 12.2 Å². The first-order valence-electron chi connectivity index (χ1n) is 6.14. The molecule has 0 bridgehead atoms. The van der Waals surface area contributed by atoms with Gasteiger partial charge in [0.25, 0.3) is 0 Å². The van der Waals surface area contributed by atoms with Crippen LogP contribution in [0.2, 0.25) is 0 Å². The van der Waals surface area contributed by atoms with Crippen molar-refractivity contribution in [3.8, 4) is 0 Å². The average Bonchev–Trinajstić information content (AvgIpc) is 2.14. The van der Waals surface area contributed by atoms with Crippen molar-refractivity contribution in [1.29, 1.82) is 0 Å². The summed E-state index contributed by atoms with van der Waals surface area (Å²) < 4.78 is 13.0. The van der Waals surface area contributed by atoms with Crippen LogP contribution in [0.4, 0.5) is 4.39 Å². The van der Waals surface area contributed by atoms with Crippen LogP contribution in [0.1, 0.15) is 52.1 Å². The molecule has 0 aliphatic heterocycles. The molecule has 0 spiro atoms. The van der Waals surface area contributed by atoms with Crippen LogP contribution < -0.4 is 5.73 Å². The Morgan fingerprint density at radius 1 is 1.35 bits per heavy atom. The highest BCUT2D eigenvalue weighted by molar-refractivity contribution is 5.14. The summed E-state index contributed by atoms with van der Waals surface area (Å²) in [5.41, 5.74) is 7.16. The van der Waals surface area contributed by atoms with Crippen molar-refractivity contribution in [2.24, 2.45) is 17.1 Å². The van der Waals surface area contributed by atoms with E-state index in [2.05, 4.69) is 32.7 Å². The number of pyridine rings is 1. The summed E-state index contributed by atoms with van der Waals surface area (Å²) in [6, 6.07) is 1.34. The molecule has 2 N–H and O–H groups in total. The highest BCUT2D eigenvalue weighted by atomic mass is 19.1. The molecular weight excluding hydrogens is 215 g/mol. The van der Waals surface area contributed by atoms with Crippen molar-refractivity contribution in [3.05, 3.63) is 29.8 Å². The van der Waals surface area contributed by atoms with Crippen LogP contribution in [-0.2, 0) is 0 Å². The molecule has 1 aromatic rings. The van der Waals surface area contributed by atoms with Gasteiger partial charge in [0.2, 0.25) is 0 Å². The maximum atomic E-state index is 13.0. The van der Waals surface area contributed by atoms with Gasteiger partial charge in [-0.2, -0.15) is 0 Å². The fourth-order valence-corrected chi connectivity index (χ4v) is 2.33. The first-order chi connectivity index (χ1) is 7.78. The second kappa shape index (κ2) is 5.58. The maximum absolute atomic E-state index is 13.0. The summed E-state index contributed by atoms with van der Waals surface area (Å²) in [5, 5.41) is 0. The van der Waals surface area contributed by atoms with E-state index in [-0.39, 0.29) is 11.9 Å². The molecule has 0 amide bonds. The Morgan fingerprint density at radius 3 is 2.53 bits per heavy atom. The third-order valence-corrected chi connectivity index (χ3v) is 2.77. The third-order valence-electron chi connectivity index (χ3n) is 2.77. The fraction of sp³-hybridized carbons (Fsp3) is 0.643. The zero-order valence-corrected chi connectivity index (χ0v) is 11.2. The molecule has 1 rings (SSSR count). The molecule has 2 nitrogen and oxygen atoms in total. The van der Waals surface area contributed by atoms with E-state index in [1.54, 1.807) is 6.20 Å². The molecule has 3 heteroatoms. The first kappa shape index (κ1) is 14.1. The Labute approximate surface area is 103 Å². The van der Waals surface area contributed by atoms with Crippen LogP contribution in [0.3, 0.4) is 0 Å². The number of hydrogen-bond donors (Lipinski definition) is 1. The van der Waals surface area contributed by atoms with Gasteiger partial charge in [-0.15, -0.1) is 0 Å². The van der Waals surface area contributed by atoms with Gasteiger partial charge in [0.05, 0.1) is 6.20 Å². The fourth-order valence-electron chi connectivity index (χ4n) is 2.33. The molecule has 1 heterocycles. The van der Waals surface area contributed by atoms with E-state index in [1.165, 1.54) is 12.3 Å². The lowest BCUT2D eigenvalue weighted by Gasteiger charge is -2.25. The predicted octanol–water partition coefficient (Wildman–Crippen LogP) is 3.68. The number of nitrogens with two attached hydrogens (primary N) is 1. The zero-order valence-electron chi connectivity index (χ0n) is 11.2. The minimum Gasteiger partial charge on any atom is -0.324 e. The van der Waals surface area contributed by atoms with Gasteiger partial charge in [-0.25, -0.2) is 4.39 Å². The highest BCUT2D eigenvalue weighted by Crippen LogP contribution is 2.29. The normalized spacial score (nSPS) is 15.6. The van der Waals surface area contributed by atoms with Gasteiger partial charge >= 0.3 is 0 Å². The second-order valence-corrected chi connectivity index (χ2v) is 6.15. The average molecular weight is 238 g/mol. The maximum Gasteiger partial charge on any atom is 0.141 e. The Balaban J connectivity index is 2.57. The number of aromatic nitrogens is 1. The summed E-state index contributed by atoms with van der Waals surface area (Å²) in [4.78, 5) is 3.83. The van der Waals surface area contributed by atoms with Crippen LogP contribution in [0.15, 0.2) is 18.5 Å². The van der Waals surface area contributed by atoms with Crippen LogP contribution in [0.5, 0.6) is 0 Å². The summed E-state index contributed by atoms with van der Waals surface area (Å²) in [6.07, 6.45) is 4.83. The number of halogens is 1. The monoisotopic (exact) mass is 238 g/mol. The zero-order chi connectivity index (χ0) is 13.1. The van der Waals surface area contributed by atoms with E-state index in [1.807, 2.05) is 0 Å². The Kier molecular flexibility index (Phi) is 4.63. The van der Waals surface area contributed by atoms with E-state index in [9.17, 15) is 4.39 Å². The molecular formula is C14H23FN2. The molecule has 0 aliphatic carbocycles. The summed E-state index contributed by atoms with van der Waals surface area (Å²) in [5.74, 6) is 0.203. The van der Waals surface area contributed by atoms with Crippen molar-refractivity contribution in [1.82, 2.24) is 4.98 Å². The minimum atomic E-state index is -0.318. The smallest absolute Gasteiger partial charge is 0.141 e. The summed E-state index contributed by atoms with van der Waals surface area (Å²) >= 11 is 0. The number of nitrogens with zero attached hydrogens (tertiary/aromatic N) is 1. The van der Waals surface area contributed by atoms with Crippen molar-refractivity contribution in [2.75, 3.05) is 0 Å². The SMILES string of the molecule is CC(CC(N)c1cncc(F)c1)CC(C)(C)C. The van der Waals surface area contributed by atoms with Crippen molar-refractivity contribution in [2.45, 2.75) is 46.6 Å². The molecule has 0 fully saturated rings. The van der Waals surface area contributed by atoms with E-state index in [0.717, 1.165) is 18.4 Å². The van der Waals surface area contributed by atoms with Crippen LogP contribution in [0.25, 0.3) is 0 Å². The van der Waals surface area contributed by atoms with Gasteiger partial charge < -0.3 is 5.73 Å². The van der Waals surface area contributed by atoms with Gasteiger partial charge in [-0.05, 0) is 35.8 Å². The van der Waals surface area contributed by atoms with E-state index >= 15 is 0 Å². The molecule has 0 saturated heterocycles. The largest absolute Gasteiger partial charge is 0.324 e. The molecule has 2 unspecified atom stereocenters. The molecule has 96 valence electrons. The number of hydrogen-bond acceptors (Lipinski definition) is 2. The van der Waals surface area contributed by atoms with Gasteiger partial charge in [-0.3, -0.25) is 4.98 Å². The Morgan fingerprint density at radius 2 is 2.00 bits per heavy atom. The molecule has 0 saturated carbocycles. The van der Waals surface area contributed by atoms with Gasteiger partial charge in [0.1, 0.15) is 5.82 Å². The second-order valence-electron chi connectivity index (χ2n) is 6.15. The van der Waals surface area contributed by atoms with Crippen LogP contribution in [0, 0.1) is 17.2 Å². The molecule has 0 aromatic carbocycles. The van der Waals surface area contributed by atoms with E-state index in [4.69, 9.17) is 5.73 Å². The lowest BCUT2D eigenvalue weighted by molar-refractivity contribution is 0.286. The topological polar surface area (TPSA) is 38.9 Å².